The average molecular weight is 399 g/mol. The van der Waals surface area contributed by atoms with Gasteiger partial charge in [0.2, 0.25) is 0 Å². The fourth-order valence-corrected chi connectivity index (χ4v) is 5.85. The van der Waals surface area contributed by atoms with Gasteiger partial charge in [-0.25, -0.2) is 9.98 Å². The fraction of sp³-hybridized carbons (Fsp3) is 0.571. The smallest absolute Gasteiger partial charge is 0.194 e. The van der Waals surface area contributed by atoms with Crippen LogP contribution >= 0.6 is 11.8 Å². The molecule has 1 saturated carbocycles. The number of aliphatic imine (C=N–C) groups is 1. The number of aromatic nitrogens is 3. The van der Waals surface area contributed by atoms with Crippen molar-refractivity contribution >= 4 is 17.7 Å². The lowest BCUT2D eigenvalue weighted by atomic mass is 9.87. The lowest BCUT2D eigenvalue weighted by Crippen LogP contribution is -2.53. The highest BCUT2D eigenvalue weighted by atomic mass is 32.2. The number of hydrogen-bond donors (Lipinski definition) is 2. The number of hydrogen-bond acceptors (Lipinski definition) is 4. The van der Waals surface area contributed by atoms with Gasteiger partial charge in [-0.05, 0) is 31.4 Å². The van der Waals surface area contributed by atoms with Gasteiger partial charge in [0.15, 0.2) is 11.8 Å². The van der Waals surface area contributed by atoms with Crippen LogP contribution < -0.4 is 5.32 Å². The van der Waals surface area contributed by atoms with Crippen LogP contribution in [-0.4, -0.2) is 56.2 Å². The molecule has 1 saturated heterocycles. The summed E-state index contributed by atoms with van der Waals surface area (Å²) in [6.45, 7) is 5.92. The minimum absolute atomic E-state index is 0.443. The number of rotatable bonds is 4. The van der Waals surface area contributed by atoms with Crippen molar-refractivity contribution in [1.29, 1.82) is 0 Å². The van der Waals surface area contributed by atoms with Crippen LogP contribution in [0, 0.1) is 0 Å². The minimum Gasteiger partial charge on any atom is -0.357 e. The predicted molar refractivity (Wildman–Crippen MR) is 116 cm³/mol. The summed E-state index contributed by atoms with van der Waals surface area (Å²) < 4.78 is 0.443. The molecule has 6 nitrogen and oxygen atoms in total. The Balaban J connectivity index is 1.48. The second-order valence-electron chi connectivity index (χ2n) is 7.72. The van der Waals surface area contributed by atoms with Crippen LogP contribution in [0.5, 0.6) is 0 Å². The molecule has 2 heterocycles. The molecule has 0 amide bonds. The third kappa shape index (κ3) is 4.51. The molecule has 1 aromatic carbocycles. The number of H-pyrrole nitrogens is 1. The summed E-state index contributed by atoms with van der Waals surface area (Å²) in [6.07, 6.45) is 8.41. The molecule has 1 spiro atoms. The van der Waals surface area contributed by atoms with Crippen LogP contribution in [0.2, 0.25) is 0 Å². The molecule has 2 N–H and O–H groups in total. The molecular weight excluding hydrogens is 368 g/mol. The highest BCUT2D eigenvalue weighted by Crippen LogP contribution is 2.42. The average Bonchev–Trinajstić information content (AvgIpc) is 3.27. The van der Waals surface area contributed by atoms with E-state index in [0.29, 0.717) is 11.3 Å². The monoisotopic (exact) mass is 398 g/mol. The molecule has 4 rings (SSSR count). The molecule has 0 radical (unpaired) electrons. The number of guanidine groups is 1. The third-order valence-corrected chi connectivity index (χ3v) is 7.21. The maximum absolute atomic E-state index is 4.98. The maximum Gasteiger partial charge on any atom is 0.194 e. The van der Waals surface area contributed by atoms with Crippen molar-refractivity contribution in [3.63, 3.8) is 0 Å². The zero-order chi connectivity index (χ0) is 19.2. The van der Waals surface area contributed by atoms with E-state index in [0.717, 1.165) is 37.0 Å². The Morgan fingerprint density at radius 3 is 3.00 bits per heavy atom. The largest absolute Gasteiger partial charge is 0.357 e. The van der Waals surface area contributed by atoms with Crippen LogP contribution in [0.4, 0.5) is 0 Å². The summed E-state index contributed by atoms with van der Waals surface area (Å²) in [5, 5.41) is 10.4. The van der Waals surface area contributed by atoms with E-state index in [2.05, 4.69) is 62.3 Å². The van der Waals surface area contributed by atoms with Gasteiger partial charge in [-0.2, -0.15) is 16.9 Å². The Morgan fingerprint density at radius 2 is 2.21 bits per heavy atom. The van der Waals surface area contributed by atoms with Gasteiger partial charge in [-0.15, -0.1) is 0 Å². The normalized spacial score (nSPS) is 19.8. The quantitative estimate of drug-likeness (QED) is 0.607. The van der Waals surface area contributed by atoms with Gasteiger partial charge in [0.05, 0.1) is 6.54 Å². The Bertz CT molecular complexity index is 776. The Kier molecular flexibility index (Phi) is 6.20. The van der Waals surface area contributed by atoms with E-state index in [1.165, 1.54) is 43.4 Å². The van der Waals surface area contributed by atoms with E-state index in [1.54, 1.807) is 6.33 Å². The van der Waals surface area contributed by atoms with E-state index in [9.17, 15) is 0 Å². The lowest BCUT2D eigenvalue weighted by molar-refractivity contribution is 0.293. The Morgan fingerprint density at radius 1 is 1.32 bits per heavy atom. The van der Waals surface area contributed by atoms with Gasteiger partial charge in [0.1, 0.15) is 6.33 Å². The van der Waals surface area contributed by atoms with Crippen molar-refractivity contribution in [3.8, 4) is 11.4 Å². The molecule has 0 atom stereocenters. The number of nitrogens with one attached hydrogen (secondary N) is 2. The number of aromatic amines is 1. The molecule has 1 aliphatic carbocycles. The molecule has 28 heavy (non-hydrogen) atoms. The first-order valence-corrected chi connectivity index (χ1v) is 11.4. The number of thioether (sulfide) groups is 1. The first-order chi connectivity index (χ1) is 13.8. The predicted octanol–water partition coefficient (Wildman–Crippen LogP) is 3.69. The molecule has 7 heteroatoms. The van der Waals surface area contributed by atoms with E-state index in [1.807, 2.05) is 6.07 Å². The second-order valence-corrected chi connectivity index (χ2v) is 9.28. The van der Waals surface area contributed by atoms with E-state index >= 15 is 0 Å². The molecule has 0 unspecified atom stereocenters. The van der Waals surface area contributed by atoms with Crippen molar-refractivity contribution in [3.05, 3.63) is 36.2 Å². The number of benzene rings is 1. The fourth-order valence-electron chi connectivity index (χ4n) is 4.28. The number of nitrogens with zero attached hydrogens (tertiary/aromatic N) is 4. The van der Waals surface area contributed by atoms with Crippen molar-refractivity contribution in [2.45, 2.75) is 50.3 Å². The van der Waals surface area contributed by atoms with Crippen molar-refractivity contribution in [2.24, 2.45) is 4.99 Å². The summed E-state index contributed by atoms with van der Waals surface area (Å²) in [4.78, 5) is 11.7. The zero-order valence-electron chi connectivity index (χ0n) is 16.7. The van der Waals surface area contributed by atoms with Gasteiger partial charge >= 0.3 is 0 Å². The maximum atomic E-state index is 4.98. The molecule has 1 aromatic heterocycles. The topological polar surface area (TPSA) is 69.2 Å². The molecule has 2 aromatic rings. The van der Waals surface area contributed by atoms with Crippen LogP contribution in [0.3, 0.4) is 0 Å². The van der Waals surface area contributed by atoms with Gasteiger partial charge in [0.25, 0.3) is 0 Å². The summed E-state index contributed by atoms with van der Waals surface area (Å²) in [6, 6.07) is 8.38. The molecule has 2 fully saturated rings. The van der Waals surface area contributed by atoms with Gasteiger partial charge in [0, 0.05) is 35.7 Å². The molecule has 1 aliphatic heterocycles. The van der Waals surface area contributed by atoms with E-state index in [4.69, 9.17) is 4.99 Å². The molecule has 150 valence electrons. The van der Waals surface area contributed by atoms with Crippen LogP contribution in [0.15, 0.2) is 35.6 Å². The Labute approximate surface area is 171 Å². The highest BCUT2D eigenvalue weighted by molar-refractivity contribution is 8.00. The van der Waals surface area contributed by atoms with Crippen LogP contribution in [0.1, 0.15) is 44.6 Å². The third-order valence-electron chi connectivity index (χ3n) is 5.67. The summed E-state index contributed by atoms with van der Waals surface area (Å²) in [7, 11) is 0. The van der Waals surface area contributed by atoms with E-state index < -0.39 is 0 Å². The first kappa shape index (κ1) is 19.3. The van der Waals surface area contributed by atoms with Gasteiger partial charge in [-0.1, -0.05) is 37.5 Å². The van der Waals surface area contributed by atoms with Gasteiger partial charge < -0.3 is 10.2 Å². The summed E-state index contributed by atoms with van der Waals surface area (Å²) in [5.41, 5.74) is 2.23. The molecule has 0 bridgehead atoms. The standard InChI is InChI=1S/C21H30N6S/c1-2-22-20(27-11-12-28-21(15-27)9-4-3-5-10-21)23-14-17-7-6-8-18(13-17)19-24-16-25-26-19/h6-8,13,16H,2-5,9-12,14-15H2,1H3,(H,22,23)(H,24,25,26). The summed E-state index contributed by atoms with van der Waals surface area (Å²) >= 11 is 2.20. The first-order valence-electron chi connectivity index (χ1n) is 10.4. The Hall–Kier alpha value is -2.02. The van der Waals surface area contributed by atoms with Crippen molar-refractivity contribution < 1.29 is 0 Å². The molecule has 2 aliphatic rings. The van der Waals surface area contributed by atoms with Crippen LogP contribution in [0.25, 0.3) is 11.4 Å². The minimum atomic E-state index is 0.443. The van der Waals surface area contributed by atoms with Crippen LogP contribution in [-0.2, 0) is 6.54 Å². The SMILES string of the molecule is CCNC(=NCc1cccc(-c2ncn[nH]2)c1)N1CCSC2(CCCCC2)C1. The van der Waals surface area contributed by atoms with Crippen molar-refractivity contribution in [2.75, 3.05) is 25.4 Å². The lowest BCUT2D eigenvalue weighted by Gasteiger charge is -2.45. The van der Waals surface area contributed by atoms with Crippen molar-refractivity contribution in [1.82, 2.24) is 25.4 Å². The van der Waals surface area contributed by atoms with Gasteiger partial charge in [-0.3, -0.25) is 5.10 Å². The highest BCUT2D eigenvalue weighted by Gasteiger charge is 2.38. The zero-order valence-corrected chi connectivity index (χ0v) is 17.5. The van der Waals surface area contributed by atoms with E-state index in [-0.39, 0.29) is 0 Å². The second kappa shape index (κ2) is 8.99. The molecular formula is C21H30N6S. The summed E-state index contributed by atoms with van der Waals surface area (Å²) in [5.74, 6) is 3.05.